The standard InChI is InChI=1S/C31H48O4/c1-19-9-8-14-31(26(33)34)18-17-29(6)21(25(19)31)10-11-23-28(5)15-13-24(35-20(2)32)27(3,4)22(28)12-16-30(23,29)7/h10,19,22-25H,8-9,11-18H2,1-7H3,(H,33,34)/t19?,22?,23?,24?,25?,28?,29-,30?,31?/m1/s1. The summed E-state index contributed by atoms with van der Waals surface area (Å²) in [6.07, 6.45) is 12.9. The summed E-state index contributed by atoms with van der Waals surface area (Å²) in [6, 6.07) is 0. The van der Waals surface area contributed by atoms with Gasteiger partial charge in [0, 0.05) is 12.3 Å². The molecular formula is C31H48O4. The van der Waals surface area contributed by atoms with Crippen LogP contribution in [0.2, 0.25) is 0 Å². The molecule has 196 valence electrons. The van der Waals surface area contributed by atoms with Gasteiger partial charge in [-0.1, -0.05) is 66.0 Å². The largest absolute Gasteiger partial charge is 0.481 e. The van der Waals surface area contributed by atoms with E-state index in [0.29, 0.717) is 17.8 Å². The van der Waals surface area contributed by atoms with Crippen LogP contribution in [0, 0.1) is 50.7 Å². The number of ether oxygens (including phenoxy) is 1. The van der Waals surface area contributed by atoms with Gasteiger partial charge in [0.1, 0.15) is 6.10 Å². The van der Waals surface area contributed by atoms with Crippen molar-refractivity contribution >= 4 is 11.9 Å². The van der Waals surface area contributed by atoms with Gasteiger partial charge >= 0.3 is 11.9 Å². The lowest BCUT2D eigenvalue weighted by molar-refractivity contribution is -0.213. The van der Waals surface area contributed by atoms with Crippen molar-refractivity contribution in [1.82, 2.24) is 0 Å². The van der Waals surface area contributed by atoms with Crippen LogP contribution in [0.3, 0.4) is 0 Å². The molecular weight excluding hydrogens is 436 g/mol. The van der Waals surface area contributed by atoms with Crippen LogP contribution in [0.5, 0.6) is 0 Å². The Kier molecular flexibility index (Phi) is 5.67. The average molecular weight is 485 g/mol. The number of carboxylic acid groups (broad SMARTS) is 1. The zero-order valence-corrected chi connectivity index (χ0v) is 23.2. The van der Waals surface area contributed by atoms with Crippen LogP contribution in [0.25, 0.3) is 0 Å². The van der Waals surface area contributed by atoms with E-state index in [4.69, 9.17) is 4.74 Å². The fourth-order valence-electron chi connectivity index (χ4n) is 11.1. The van der Waals surface area contributed by atoms with Gasteiger partial charge in [0.05, 0.1) is 5.41 Å². The Labute approximate surface area is 212 Å². The maximum Gasteiger partial charge on any atom is 0.310 e. The van der Waals surface area contributed by atoms with Crippen molar-refractivity contribution in [3.63, 3.8) is 0 Å². The minimum atomic E-state index is -0.558. The third-order valence-corrected chi connectivity index (χ3v) is 13.0. The molecule has 0 aliphatic heterocycles. The van der Waals surface area contributed by atoms with E-state index < -0.39 is 11.4 Å². The topological polar surface area (TPSA) is 63.6 Å². The van der Waals surface area contributed by atoms with E-state index in [0.717, 1.165) is 51.4 Å². The van der Waals surface area contributed by atoms with Gasteiger partial charge in [0.25, 0.3) is 0 Å². The van der Waals surface area contributed by atoms with E-state index in [-0.39, 0.29) is 39.7 Å². The van der Waals surface area contributed by atoms with E-state index in [9.17, 15) is 14.7 Å². The van der Waals surface area contributed by atoms with Crippen LogP contribution >= 0.6 is 0 Å². The molecule has 5 rings (SSSR count). The fourth-order valence-corrected chi connectivity index (χ4v) is 11.1. The van der Waals surface area contributed by atoms with Gasteiger partial charge in [-0.25, -0.2) is 0 Å². The predicted molar refractivity (Wildman–Crippen MR) is 138 cm³/mol. The third kappa shape index (κ3) is 3.16. The van der Waals surface area contributed by atoms with Crippen LogP contribution in [-0.2, 0) is 14.3 Å². The predicted octanol–water partition coefficient (Wildman–Crippen LogP) is 7.41. The first-order valence-corrected chi connectivity index (χ1v) is 14.4. The average Bonchev–Trinajstić information content (AvgIpc) is 2.76. The van der Waals surface area contributed by atoms with Crippen LogP contribution in [0.4, 0.5) is 0 Å². The van der Waals surface area contributed by atoms with E-state index >= 15 is 0 Å². The third-order valence-electron chi connectivity index (χ3n) is 13.0. The van der Waals surface area contributed by atoms with Crippen molar-refractivity contribution in [2.24, 2.45) is 50.7 Å². The summed E-state index contributed by atoms with van der Waals surface area (Å²) >= 11 is 0. The zero-order valence-electron chi connectivity index (χ0n) is 23.2. The van der Waals surface area contributed by atoms with Crippen molar-refractivity contribution in [3.8, 4) is 0 Å². The van der Waals surface area contributed by atoms with E-state index in [2.05, 4.69) is 47.6 Å². The first-order chi connectivity index (χ1) is 16.2. The number of carbonyl (C=O) groups excluding carboxylic acids is 1. The Balaban J connectivity index is 1.56. The van der Waals surface area contributed by atoms with Crippen LogP contribution < -0.4 is 0 Å². The highest BCUT2D eigenvalue weighted by atomic mass is 16.5. The molecule has 4 nitrogen and oxygen atoms in total. The quantitative estimate of drug-likeness (QED) is 0.327. The first kappa shape index (κ1) is 25.3. The highest BCUT2D eigenvalue weighted by Crippen LogP contribution is 2.75. The van der Waals surface area contributed by atoms with Crippen LogP contribution in [-0.4, -0.2) is 23.1 Å². The number of allylic oxidation sites excluding steroid dienone is 2. The minimum absolute atomic E-state index is 0.00154. The Hall–Kier alpha value is -1.32. The normalized spacial score (nSPS) is 50.5. The molecule has 4 fully saturated rings. The first-order valence-electron chi connectivity index (χ1n) is 14.4. The number of hydrogen-bond acceptors (Lipinski definition) is 3. The van der Waals surface area contributed by atoms with Crippen molar-refractivity contribution in [2.45, 2.75) is 119 Å². The number of hydrogen-bond donors (Lipinski definition) is 1. The summed E-state index contributed by atoms with van der Waals surface area (Å²) in [5.41, 5.74) is 1.36. The van der Waals surface area contributed by atoms with E-state index in [1.807, 2.05) is 0 Å². The molecule has 4 heteroatoms. The summed E-state index contributed by atoms with van der Waals surface area (Å²) in [5, 5.41) is 10.5. The Morgan fingerprint density at radius 1 is 0.943 bits per heavy atom. The lowest BCUT2D eigenvalue weighted by Crippen LogP contribution is -2.65. The van der Waals surface area contributed by atoms with Gasteiger partial charge in [-0.3, -0.25) is 9.59 Å². The van der Waals surface area contributed by atoms with Gasteiger partial charge in [0.15, 0.2) is 0 Å². The van der Waals surface area contributed by atoms with Gasteiger partial charge in [-0.15, -0.1) is 0 Å². The lowest BCUT2D eigenvalue weighted by atomic mass is 9.33. The highest BCUT2D eigenvalue weighted by Gasteiger charge is 2.69. The Bertz CT molecular complexity index is 950. The molecule has 0 radical (unpaired) electrons. The summed E-state index contributed by atoms with van der Waals surface area (Å²) < 4.78 is 5.87. The van der Waals surface area contributed by atoms with Crippen molar-refractivity contribution in [3.05, 3.63) is 11.6 Å². The second-order valence-corrected chi connectivity index (χ2v) is 14.6. The highest BCUT2D eigenvalue weighted by molar-refractivity contribution is 5.76. The minimum Gasteiger partial charge on any atom is -0.481 e. The Morgan fingerprint density at radius 3 is 2.31 bits per heavy atom. The van der Waals surface area contributed by atoms with E-state index in [1.165, 1.54) is 18.4 Å². The SMILES string of the molecule is CC(=O)OC1CCC2(C)C(CCC3(C)C2CC=C2C4C(C)CCCC4(C(=O)O)CC[C@]23C)C1(C)C. The second-order valence-electron chi connectivity index (χ2n) is 14.6. The number of esters is 1. The molecule has 35 heavy (non-hydrogen) atoms. The number of carboxylic acids is 1. The molecule has 0 amide bonds. The molecule has 5 aliphatic rings. The molecule has 0 aromatic heterocycles. The summed E-state index contributed by atoms with van der Waals surface area (Å²) in [6.45, 7) is 16.2. The zero-order chi connectivity index (χ0) is 25.6. The molecule has 0 aromatic carbocycles. The molecule has 0 saturated heterocycles. The monoisotopic (exact) mass is 484 g/mol. The van der Waals surface area contributed by atoms with Crippen molar-refractivity contribution in [2.75, 3.05) is 0 Å². The van der Waals surface area contributed by atoms with Crippen LogP contribution in [0.15, 0.2) is 11.6 Å². The van der Waals surface area contributed by atoms with Crippen molar-refractivity contribution in [1.29, 1.82) is 0 Å². The molecule has 9 atom stereocenters. The van der Waals surface area contributed by atoms with E-state index in [1.54, 1.807) is 6.92 Å². The molecule has 4 saturated carbocycles. The molecule has 0 bridgehead atoms. The molecule has 0 spiro atoms. The number of aliphatic carboxylic acids is 1. The maximum absolute atomic E-state index is 12.8. The van der Waals surface area contributed by atoms with Gasteiger partial charge in [-0.05, 0) is 91.3 Å². The molecule has 8 unspecified atom stereocenters. The molecule has 1 N–H and O–H groups in total. The summed E-state index contributed by atoms with van der Waals surface area (Å²) in [7, 11) is 0. The number of carbonyl (C=O) groups is 2. The van der Waals surface area contributed by atoms with Gasteiger partial charge in [0.2, 0.25) is 0 Å². The summed E-state index contributed by atoms with van der Waals surface area (Å²) in [5.74, 6) is 1.03. The van der Waals surface area contributed by atoms with Crippen LogP contribution in [0.1, 0.15) is 113 Å². The maximum atomic E-state index is 12.8. The van der Waals surface area contributed by atoms with Gasteiger partial charge < -0.3 is 9.84 Å². The number of fused-ring (bicyclic) bond motifs is 7. The molecule has 0 heterocycles. The van der Waals surface area contributed by atoms with Gasteiger partial charge in [-0.2, -0.15) is 0 Å². The Morgan fingerprint density at radius 2 is 1.66 bits per heavy atom. The second kappa shape index (κ2) is 7.84. The fraction of sp³-hybridized carbons (Fsp3) is 0.871. The summed E-state index contributed by atoms with van der Waals surface area (Å²) in [4.78, 5) is 24.6. The smallest absolute Gasteiger partial charge is 0.310 e. The van der Waals surface area contributed by atoms with Crippen molar-refractivity contribution < 1.29 is 19.4 Å². The molecule has 5 aliphatic carbocycles. The molecule has 0 aromatic rings. The number of rotatable bonds is 2. The lowest BCUT2D eigenvalue weighted by Gasteiger charge is -2.71.